The average molecular weight is 330 g/mol. The van der Waals surface area contributed by atoms with Crippen LogP contribution in [-0.4, -0.2) is 16.8 Å². The first-order chi connectivity index (χ1) is 9.70. The molecule has 2 aromatic carbocycles. The zero-order valence-corrected chi connectivity index (χ0v) is 13.1. The molecule has 0 saturated heterocycles. The van der Waals surface area contributed by atoms with E-state index in [-0.39, 0.29) is 0 Å². The van der Waals surface area contributed by atoms with Gasteiger partial charge >= 0.3 is 0 Å². The fraction of sp³-hybridized carbons (Fsp3) is 0.188. The first-order valence-electron chi connectivity index (χ1n) is 6.60. The van der Waals surface area contributed by atoms with Gasteiger partial charge in [0.25, 0.3) is 0 Å². The monoisotopic (exact) mass is 329 g/mol. The van der Waals surface area contributed by atoms with Crippen LogP contribution in [0.3, 0.4) is 0 Å². The Morgan fingerprint density at radius 2 is 2.00 bits per heavy atom. The van der Waals surface area contributed by atoms with Gasteiger partial charge in [-0.25, -0.2) is 4.68 Å². The lowest BCUT2D eigenvalue weighted by molar-refractivity contribution is 0.651. The molecule has 0 aliphatic rings. The molecule has 3 rings (SSSR count). The maximum absolute atomic E-state index is 4.49. The van der Waals surface area contributed by atoms with Crippen molar-refractivity contribution in [1.29, 1.82) is 0 Å². The molecule has 0 fully saturated rings. The first-order valence-corrected chi connectivity index (χ1v) is 7.40. The number of para-hydroxylation sites is 1. The molecule has 1 atom stereocenters. The van der Waals surface area contributed by atoms with Crippen LogP contribution in [0.15, 0.2) is 53.1 Å². The van der Waals surface area contributed by atoms with Crippen LogP contribution in [0, 0.1) is 0 Å². The fourth-order valence-electron chi connectivity index (χ4n) is 2.29. The van der Waals surface area contributed by atoms with E-state index in [4.69, 9.17) is 0 Å². The molecule has 0 aliphatic carbocycles. The van der Waals surface area contributed by atoms with Gasteiger partial charge in [0, 0.05) is 15.9 Å². The Kier molecular flexibility index (Phi) is 3.59. The zero-order chi connectivity index (χ0) is 14.1. The molecule has 0 amide bonds. The molecule has 0 aliphatic heterocycles. The van der Waals surface area contributed by atoms with Crippen molar-refractivity contribution in [3.63, 3.8) is 0 Å². The summed E-state index contributed by atoms with van der Waals surface area (Å²) < 4.78 is 3.01. The highest BCUT2D eigenvalue weighted by atomic mass is 79.9. The SMILES string of the molecule is CNC(C)c1ccc(-n2ncc3ccccc32)c(Br)c1. The van der Waals surface area contributed by atoms with E-state index >= 15 is 0 Å². The Morgan fingerprint density at radius 1 is 1.20 bits per heavy atom. The Morgan fingerprint density at radius 3 is 2.75 bits per heavy atom. The Bertz CT molecular complexity index is 748. The summed E-state index contributed by atoms with van der Waals surface area (Å²) in [6, 6.07) is 14.9. The van der Waals surface area contributed by atoms with Crippen LogP contribution >= 0.6 is 15.9 Å². The summed E-state index contributed by atoms with van der Waals surface area (Å²) in [6.45, 7) is 2.14. The average Bonchev–Trinajstić information content (AvgIpc) is 2.90. The molecule has 0 spiro atoms. The summed E-state index contributed by atoms with van der Waals surface area (Å²) in [5.74, 6) is 0. The first kappa shape index (κ1) is 13.3. The quantitative estimate of drug-likeness (QED) is 0.785. The summed E-state index contributed by atoms with van der Waals surface area (Å²) in [6.07, 6.45) is 1.89. The van der Waals surface area contributed by atoms with Crippen LogP contribution in [0.4, 0.5) is 0 Å². The molecule has 4 heteroatoms. The van der Waals surface area contributed by atoms with E-state index in [2.05, 4.69) is 63.6 Å². The molecule has 3 aromatic rings. The highest BCUT2D eigenvalue weighted by molar-refractivity contribution is 9.10. The third kappa shape index (κ3) is 2.25. The molecule has 20 heavy (non-hydrogen) atoms. The molecule has 1 N–H and O–H groups in total. The molecule has 0 saturated carbocycles. The molecule has 0 radical (unpaired) electrons. The van der Waals surface area contributed by atoms with E-state index in [0.29, 0.717) is 6.04 Å². The van der Waals surface area contributed by atoms with Crippen LogP contribution in [0.1, 0.15) is 18.5 Å². The third-order valence-electron chi connectivity index (χ3n) is 3.61. The summed E-state index contributed by atoms with van der Waals surface area (Å²) in [4.78, 5) is 0. The number of fused-ring (bicyclic) bond motifs is 1. The Hall–Kier alpha value is -1.65. The number of halogens is 1. The lowest BCUT2D eigenvalue weighted by Crippen LogP contribution is -2.12. The minimum Gasteiger partial charge on any atom is -0.313 e. The highest BCUT2D eigenvalue weighted by Crippen LogP contribution is 2.27. The Labute approximate surface area is 126 Å². The van der Waals surface area contributed by atoms with Crippen molar-refractivity contribution in [3.05, 3.63) is 58.7 Å². The summed E-state index contributed by atoms with van der Waals surface area (Å²) in [5, 5.41) is 8.89. The van der Waals surface area contributed by atoms with Gasteiger partial charge in [0.2, 0.25) is 0 Å². The van der Waals surface area contributed by atoms with Crippen molar-refractivity contribution in [2.45, 2.75) is 13.0 Å². The number of aromatic nitrogens is 2. The van der Waals surface area contributed by atoms with E-state index < -0.39 is 0 Å². The number of nitrogens with one attached hydrogen (secondary N) is 1. The van der Waals surface area contributed by atoms with Crippen molar-refractivity contribution in [2.24, 2.45) is 0 Å². The van der Waals surface area contributed by atoms with Crippen LogP contribution in [0.5, 0.6) is 0 Å². The Balaban J connectivity index is 2.11. The number of hydrogen-bond donors (Lipinski definition) is 1. The molecule has 0 bridgehead atoms. The lowest BCUT2D eigenvalue weighted by Gasteiger charge is -2.13. The molecular weight excluding hydrogens is 314 g/mol. The smallest absolute Gasteiger partial charge is 0.0795 e. The molecule has 102 valence electrons. The molecule has 1 heterocycles. The lowest BCUT2D eigenvalue weighted by atomic mass is 10.1. The summed E-state index contributed by atoms with van der Waals surface area (Å²) in [7, 11) is 1.97. The zero-order valence-electron chi connectivity index (χ0n) is 11.5. The largest absolute Gasteiger partial charge is 0.313 e. The van der Waals surface area contributed by atoms with Crippen molar-refractivity contribution in [3.8, 4) is 5.69 Å². The second-order valence-electron chi connectivity index (χ2n) is 4.84. The maximum atomic E-state index is 4.49. The predicted octanol–water partition coefficient (Wildman–Crippen LogP) is 4.07. The van der Waals surface area contributed by atoms with Gasteiger partial charge in [-0.05, 0) is 53.7 Å². The fourth-order valence-corrected chi connectivity index (χ4v) is 2.86. The summed E-state index contributed by atoms with van der Waals surface area (Å²) in [5.41, 5.74) is 3.42. The van der Waals surface area contributed by atoms with Gasteiger partial charge in [-0.1, -0.05) is 24.3 Å². The topological polar surface area (TPSA) is 29.9 Å². The molecule has 1 unspecified atom stereocenters. The normalized spacial score (nSPS) is 12.8. The van der Waals surface area contributed by atoms with Gasteiger partial charge in [-0.3, -0.25) is 0 Å². The summed E-state index contributed by atoms with van der Waals surface area (Å²) >= 11 is 3.66. The van der Waals surface area contributed by atoms with Gasteiger partial charge in [0.05, 0.1) is 17.4 Å². The van der Waals surface area contributed by atoms with Crippen molar-refractivity contribution in [1.82, 2.24) is 15.1 Å². The van der Waals surface area contributed by atoms with Crippen molar-refractivity contribution >= 4 is 26.8 Å². The van der Waals surface area contributed by atoms with E-state index in [9.17, 15) is 0 Å². The van der Waals surface area contributed by atoms with E-state index in [1.807, 2.05) is 30.1 Å². The number of hydrogen-bond acceptors (Lipinski definition) is 2. The van der Waals surface area contributed by atoms with E-state index in [1.165, 1.54) is 5.56 Å². The van der Waals surface area contributed by atoms with Crippen LogP contribution < -0.4 is 5.32 Å². The van der Waals surface area contributed by atoms with Crippen molar-refractivity contribution < 1.29 is 0 Å². The number of rotatable bonds is 3. The second kappa shape index (κ2) is 5.38. The minimum absolute atomic E-state index is 0.328. The third-order valence-corrected chi connectivity index (χ3v) is 4.25. The number of nitrogens with zero attached hydrogens (tertiary/aromatic N) is 2. The van der Waals surface area contributed by atoms with Crippen LogP contribution in [-0.2, 0) is 0 Å². The standard InChI is InChI=1S/C16H16BrN3/c1-11(18-2)12-7-8-16(14(17)9-12)20-15-6-4-3-5-13(15)10-19-20/h3-11,18H,1-2H3. The minimum atomic E-state index is 0.328. The second-order valence-corrected chi connectivity index (χ2v) is 5.69. The molecule has 1 aromatic heterocycles. The van der Waals surface area contributed by atoms with Gasteiger partial charge in [-0.15, -0.1) is 0 Å². The van der Waals surface area contributed by atoms with Crippen LogP contribution in [0.2, 0.25) is 0 Å². The molecule has 3 nitrogen and oxygen atoms in total. The van der Waals surface area contributed by atoms with Gasteiger partial charge < -0.3 is 5.32 Å². The van der Waals surface area contributed by atoms with Gasteiger partial charge in [0.1, 0.15) is 0 Å². The van der Waals surface area contributed by atoms with Gasteiger partial charge in [0.15, 0.2) is 0 Å². The maximum Gasteiger partial charge on any atom is 0.0795 e. The van der Waals surface area contributed by atoms with Crippen molar-refractivity contribution in [2.75, 3.05) is 7.05 Å². The number of benzene rings is 2. The van der Waals surface area contributed by atoms with E-state index in [0.717, 1.165) is 21.1 Å². The molecular formula is C16H16BrN3. The van der Waals surface area contributed by atoms with Crippen LogP contribution in [0.25, 0.3) is 16.6 Å². The van der Waals surface area contributed by atoms with Gasteiger partial charge in [-0.2, -0.15) is 5.10 Å². The highest BCUT2D eigenvalue weighted by Gasteiger charge is 2.10. The predicted molar refractivity (Wildman–Crippen MR) is 86.2 cm³/mol. The van der Waals surface area contributed by atoms with E-state index in [1.54, 1.807) is 0 Å².